The molecular weight excluding hydrogens is 468 g/mol. The summed E-state index contributed by atoms with van der Waals surface area (Å²) in [6.45, 7) is 15.0. The number of amides is 3. The molecule has 1 aromatic rings. The Morgan fingerprint density at radius 1 is 1.00 bits per heavy atom. The van der Waals surface area contributed by atoms with Crippen LogP contribution in [0, 0.1) is 11.8 Å². The van der Waals surface area contributed by atoms with Crippen LogP contribution in [-0.4, -0.2) is 59.0 Å². The molecule has 0 aliphatic carbocycles. The first-order valence-corrected chi connectivity index (χ1v) is 12.1. The van der Waals surface area contributed by atoms with Gasteiger partial charge in [-0.1, -0.05) is 58.0 Å². The minimum absolute atomic E-state index is 0.0493. The number of alkyl carbamates (subject to hydrolysis) is 1. The van der Waals surface area contributed by atoms with E-state index in [0.717, 1.165) is 10.5 Å². The van der Waals surface area contributed by atoms with E-state index in [1.54, 1.807) is 27.7 Å². The Morgan fingerprint density at radius 2 is 1.58 bits per heavy atom. The van der Waals surface area contributed by atoms with E-state index in [1.807, 2.05) is 58.0 Å². The zero-order chi connectivity index (χ0) is 27.2. The van der Waals surface area contributed by atoms with Crippen LogP contribution in [0.25, 0.3) is 0 Å². The van der Waals surface area contributed by atoms with Crippen LogP contribution in [0.5, 0.6) is 0 Å². The van der Waals surface area contributed by atoms with Crippen molar-refractivity contribution in [3.63, 3.8) is 0 Å². The van der Waals surface area contributed by atoms with Crippen molar-refractivity contribution < 1.29 is 38.1 Å². The van der Waals surface area contributed by atoms with Gasteiger partial charge in [0.15, 0.2) is 6.04 Å². The van der Waals surface area contributed by atoms with Crippen LogP contribution >= 0.6 is 0 Å². The Hall–Kier alpha value is -3.30. The van der Waals surface area contributed by atoms with E-state index >= 15 is 0 Å². The van der Waals surface area contributed by atoms with Gasteiger partial charge in [0, 0.05) is 0 Å². The monoisotopic (exact) mass is 506 g/mol. The zero-order valence-corrected chi connectivity index (χ0v) is 22.3. The highest BCUT2D eigenvalue weighted by Gasteiger charge is 2.45. The van der Waals surface area contributed by atoms with Crippen molar-refractivity contribution in [1.29, 1.82) is 0 Å². The second kappa shape index (κ2) is 12.1. The summed E-state index contributed by atoms with van der Waals surface area (Å²) >= 11 is 0. The highest BCUT2D eigenvalue weighted by atomic mass is 16.6. The molecule has 2 heterocycles. The van der Waals surface area contributed by atoms with Gasteiger partial charge < -0.3 is 24.3 Å². The Bertz CT molecular complexity index is 926. The maximum absolute atomic E-state index is 12.0. The number of hydrogen-bond donors (Lipinski definition) is 1. The van der Waals surface area contributed by atoms with Gasteiger partial charge in [-0.15, -0.1) is 0 Å². The molecule has 0 aromatic heterocycles. The van der Waals surface area contributed by atoms with Gasteiger partial charge in [-0.3, -0.25) is 0 Å². The number of cyclic esters (lactones) is 2. The van der Waals surface area contributed by atoms with Crippen molar-refractivity contribution in [2.75, 3.05) is 0 Å². The molecule has 2 aliphatic heterocycles. The van der Waals surface area contributed by atoms with Crippen molar-refractivity contribution in [2.24, 2.45) is 11.8 Å². The van der Waals surface area contributed by atoms with Gasteiger partial charge in [-0.2, -0.15) is 0 Å². The highest BCUT2D eigenvalue weighted by molar-refractivity contribution is 5.90. The third kappa shape index (κ3) is 7.86. The lowest BCUT2D eigenvalue weighted by atomic mass is 10.0. The fourth-order valence-electron chi connectivity index (χ4n) is 3.80. The lowest BCUT2D eigenvalue weighted by molar-refractivity contribution is -0.149. The Labute approximate surface area is 212 Å². The van der Waals surface area contributed by atoms with E-state index in [4.69, 9.17) is 18.9 Å². The second-order valence-electron chi connectivity index (χ2n) is 10.5. The molecule has 36 heavy (non-hydrogen) atoms. The van der Waals surface area contributed by atoms with Crippen LogP contribution in [-0.2, 0) is 30.3 Å². The third-order valence-corrected chi connectivity index (χ3v) is 5.54. The summed E-state index contributed by atoms with van der Waals surface area (Å²) in [5, 5.41) is 2.49. The van der Waals surface area contributed by atoms with Gasteiger partial charge in [0.25, 0.3) is 0 Å². The SMILES string of the molecule is CC(C)[C@@H]1OC(=O)N(C(=O)OC(C)(C)C)[C@@H]1C.CC(C)[C@@H]1OC(=O)N[C@@H]1C(=O)OCc1ccccc1. The number of nitrogens with zero attached hydrogens (tertiary/aromatic N) is 1. The number of benzene rings is 1. The van der Waals surface area contributed by atoms with Crippen molar-refractivity contribution >= 4 is 24.2 Å². The fraction of sp³-hybridized carbons (Fsp3) is 0.615. The molecule has 1 aromatic carbocycles. The number of imide groups is 1. The van der Waals surface area contributed by atoms with Gasteiger partial charge in [-0.05, 0) is 45.1 Å². The van der Waals surface area contributed by atoms with Crippen LogP contribution in [0.1, 0.15) is 61.0 Å². The molecule has 3 rings (SSSR count). The molecule has 4 atom stereocenters. The molecule has 0 spiro atoms. The lowest BCUT2D eigenvalue weighted by Crippen LogP contribution is -2.43. The van der Waals surface area contributed by atoms with Crippen molar-refractivity contribution in [2.45, 2.75) is 91.9 Å². The number of carbonyl (C=O) groups is 4. The molecule has 0 unspecified atom stereocenters. The molecule has 2 fully saturated rings. The molecular formula is C26H38N2O8. The third-order valence-electron chi connectivity index (χ3n) is 5.54. The average molecular weight is 507 g/mol. The van der Waals surface area contributed by atoms with Crippen LogP contribution in [0.15, 0.2) is 30.3 Å². The average Bonchev–Trinajstić information content (AvgIpc) is 3.31. The van der Waals surface area contributed by atoms with E-state index in [1.165, 1.54) is 0 Å². The zero-order valence-electron chi connectivity index (χ0n) is 22.3. The molecule has 0 saturated carbocycles. The first-order valence-electron chi connectivity index (χ1n) is 12.1. The number of hydrogen-bond acceptors (Lipinski definition) is 8. The Kier molecular flexibility index (Phi) is 9.72. The molecule has 1 N–H and O–H groups in total. The number of rotatable bonds is 5. The Balaban J connectivity index is 0.000000255. The predicted molar refractivity (Wildman–Crippen MR) is 131 cm³/mol. The molecule has 0 bridgehead atoms. The maximum Gasteiger partial charge on any atom is 0.420 e. The van der Waals surface area contributed by atoms with Crippen molar-refractivity contribution in [3.05, 3.63) is 35.9 Å². The summed E-state index contributed by atoms with van der Waals surface area (Å²) < 4.78 is 20.6. The van der Waals surface area contributed by atoms with Crippen LogP contribution in [0.3, 0.4) is 0 Å². The predicted octanol–water partition coefficient (Wildman–Crippen LogP) is 4.65. The number of carbonyl (C=O) groups excluding carboxylic acids is 4. The van der Waals surface area contributed by atoms with Crippen LogP contribution in [0.4, 0.5) is 14.4 Å². The van der Waals surface area contributed by atoms with Gasteiger partial charge in [0.2, 0.25) is 0 Å². The van der Waals surface area contributed by atoms with Crippen LogP contribution < -0.4 is 5.32 Å². The second-order valence-corrected chi connectivity index (χ2v) is 10.5. The molecule has 2 aliphatic rings. The van der Waals surface area contributed by atoms with E-state index in [-0.39, 0.29) is 30.6 Å². The molecule has 10 heteroatoms. The van der Waals surface area contributed by atoms with Crippen LogP contribution in [0.2, 0.25) is 0 Å². The van der Waals surface area contributed by atoms with Gasteiger partial charge in [0.1, 0.15) is 24.4 Å². The Morgan fingerprint density at radius 3 is 2.08 bits per heavy atom. The van der Waals surface area contributed by atoms with Gasteiger partial charge >= 0.3 is 24.2 Å². The highest BCUT2D eigenvalue weighted by Crippen LogP contribution is 2.26. The van der Waals surface area contributed by atoms with E-state index in [2.05, 4.69) is 5.32 Å². The summed E-state index contributed by atoms with van der Waals surface area (Å²) in [6.07, 6.45) is -2.57. The summed E-state index contributed by atoms with van der Waals surface area (Å²) in [5.74, 6) is -0.247. The largest absolute Gasteiger partial charge is 0.459 e. The summed E-state index contributed by atoms with van der Waals surface area (Å²) in [5.41, 5.74) is 0.287. The van der Waals surface area contributed by atoms with E-state index in [9.17, 15) is 19.2 Å². The van der Waals surface area contributed by atoms with Crippen molar-refractivity contribution in [1.82, 2.24) is 10.2 Å². The normalized spacial score (nSPS) is 23.4. The molecule has 200 valence electrons. The summed E-state index contributed by atoms with van der Waals surface area (Å²) in [4.78, 5) is 47.7. The molecule has 3 amide bonds. The standard InChI is InChI=1S/C14H17NO4.C12H21NO4/c1-9(2)12-11(15-14(17)19-12)13(16)18-8-10-6-4-3-5-7-10;1-7(2)9-8(3)13(10(14)16-9)11(15)17-12(4,5)6/h3-7,9,11-12H,8H2,1-2H3,(H,15,17);7-9H,1-6H3/t11-,12-;8-,9+/m01/s1. The molecule has 0 radical (unpaired) electrons. The molecule has 10 nitrogen and oxygen atoms in total. The molecule has 2 saturated heterocycles. The number of nitrogens with one attached hydrogen (secondary N) is 1. The number of esters is 1. The van der Waals surface area contributed by atoms with Gasteiger partial charge in [-0.25, -0.2) is 24.1 Å². The quantitative estimate of drug-likeness (QED) is 0.453. The lowest BCUT2D eigenvalue weighted by Gasteiger charge is -2.25. The van der Waals surface area contributed by atoms with E-state index < -0.39 is 42.0 Å². The maximum atomic E-state index is 12.0. The fourth-order valence-corrected chi connectivity index (χ4v) is 3.80. The summed E-state index contributed by atoms with van der Waals surface area (Å²) in [6, 6.07) is 8.37. The minimum Gasteiger partial charge on any atom is -0.459 e. The topological polar surface area (TPSA) is 120 Å². The summed E-state index contributed by atoms with van der Waals surface area (Å²) in [7, 11) is 0. The number of ether oxygens (including phenoxy) is 4. The van der Waals surface area contributed by atoms with Gasteiger partial charge in [0.05, 0.1) is 6.04 Å². The minimum atomic E-state index is -0.726. The van der Waals surface area contributed by atoms with Crippen molar-refractivity contribution in [3.8, 4) is 0 Å². The smallest absolute Gasteiger partial charge is 0.420 e. The van der Waals surface area contributed by atoms with E-state index in [0.29, 0.717) is 0 Å². The first-order chi connectivity index (χ1) is 16.7. The first kappa shape index (κ1) is 28.9.